The van der Waals surface area contributed by atoms with E-state index in [0.29, 0.717) is 24.9 Å². The molecule has 1 aromatic rings. The lowest BCUT2D eigenvalue weighted by Gasteiger charge is -2.31. The fourth-order valence-electron chi connectivity index (χ4n) is 2.63. The van der Waals surface area contributed by atoms with Crippen molar-refractivity contribution >= 4 is 5.91 Å². The normalized spacial score (nSPS) is 17.2. The van der Waals surface area contributed by atoms with Crippen molar-refractivity contribution in [3.05, 3.63) is 29.3 Å². The molecule has 2 rings (SSSR count). The lowest BCUT2D eigenvalue weighted by molar-refractivity contribution is -0.119. The molecule has 1 heterocycles. The van der Waals surface area contributed by atoms with Crippen LogP contribution >= 0.6 is 0 Å². The summed E-state index contributed by atoms with van der Waals surface area (Å²) in [6.45, 7) is 4.82. The predicted molar refractivity (Wildman–Crippen MR) is 78.3 cm³/mol. The van der Waals surface area contributed by atoms with Gasteiger partial charge in [0.2, 0.25) is 5.91 Å². The summed E-state index contributed by atoms with van der Waals surface area (Å²) in [5.74, 6) is 0.0790. The molecule has 20 heavy (non-hydrogen) atoms. The average molecular weight is 277 g/mol. The first-order chi connectivity index (χ1) is 9.54. The van der Waals surface area contributed by atoms with Crippen molar-refractivity contribution in [2.45, 2.75) is 32.4 Å². The number of hydrogen-bond donors (Lipinski definition) is 3. The zero-order valence-corrected chi connectivity index (χ0v) is 11.9. The van der Waals surface area contributed by atoms with Gasteiger partial charge in [-0.1, -0.05) is 17.7 Å². The van der Waals surface area contributed by atoms with Gasteiger partial charge in [-0.2, -0.15) is 0 Å². The van der Waals surface area contributed by atoms with Crippen LogP contribution in [0.3, 0.4) is 0 Å². The van der Waals surface area contributed by atoms with Gasteiger partial charge in [0, 0.05) is 31.2 Å². The molecule has 1 fully saturated rings. The van der Waals surface area contributed by atoms with Crippen molar-refractivity contribution in [3.63, 3.8) is 0 Å². The second-order valence-electron chi connectivity index (χ2n) is 5.53. The summed E-state index contributed by atoms with van der Waals surface area (Å²) in [7, 11) is 0. The maximum atomic E-state index is 10.9. The van der Waals surface area contributed by atoms with Gasteiger partial charge in [-0.05, 0) is 25.8 Å². The van der Waals surface area contributed by atoms with Gasteiger partial charge in [-0.3, -0.25) is 9.69 Å². The van der Waals surface area contributed by atoms with Gasteiger partial charge in [0.25, 0.3) is 0 Å². The summed E-state index contributed by atoms with van der Waals surface area (Å²) in [6.07, 6.45) is 2.00. The zero-order chi connectivity index (χ0) is 14.5. The van der Waals surface area contributed by atoms with E-state index in [2.05, 4.69) is 10.2 Å². The molecule has 1 aliphatic rings. The number of likely N-dealkylation sites (tertiary alicyclic amines) is 1. The summed E-state index contributed by atoms with van der Waals surface area (Å²) >= 11 is 0. The standard InChI is InChI=1S/C15H23N3O2/c1-11-2-3-14(19)12(8-11)9-17-13-4-6-18(7-5-13)10-15(16)20/h2-3,8,13,17,19H,4-7,9-10H2,1H3,(H2,16,20). The molecule has 0 bridgehead atoms. The SMILES string of the molecule is Cc1ccc(O)c(CNC2CCN(CC(N)=O)CC2)c1. The molecule has 0 spiro atoms. The molecule has 110 valence electrons. The monoisotopic (exact) mass is 277 g/mol. The van der Waals surface area contributed by atoms with Crippen LogP contribution in [0.25, 0.3) is 0 Å². The maximum Gasteiger partial charge on any atom is 0.231 e. The molecule has 0 radical (unpaired) electrons. The van der Waals surface area contributed by atoms with Crippen LogP contribution in [-0.2, 0) is 11.3 Å². The zero-order valence-electron chi connectivity index (χ0n) is 11.9. The van der Waals surface area contributed by atoms with E-state index in [1.807, 2.05) is 19.1 Å². The van der Waals surface area contributed by atoms with Crippen LogP contribution < -0.4 is 11.1 Å². The van der Waals surface area contributed by atoms with Crippen LogP contribution in [0.15, 0.2) is 18.2 Å². The minimum Gasteiger partial charge on any atom is -0.508 e. The van der Waals surface area contributed by atoms with Crippen molar-refractivity contribution in [1.29, 1.82) is 0 Å². The fourth-order valence-corrected chi connectivity index (χ4v) is 2.63. The number of aryl methyl sites for hydroxylation is 1. The molecule has 1 saturated heterocycles. The van der Waals surface area contributed by atoms with Gasteiger partial charge in [-0.15, -0.1) is 0 Å². The summed E-state index contributed by atoms with van der Waals surface area (Å²) in [5.41, 5.74) is 7.28. The third-order valence-electron chi connectivity index (χ3n) is 3.78. The Bertz CT molecular complexity index is 468. The number of phenols is 1. The Morgan fingerprint density at radius 3 is 2.80 bits per heavy atom. The second-order valence-corrected chi connectivity index (χ2v) is 5.53. The highest BCUT2D eigenvalue weighted by atomic mass is 16.3. The topological polar surface area (TPSA) is 78.6 Å². The fraction of sp³-hybridized carbons (Fsp3) is 0.533. The van der Waals surface area contributed by atoms with E-state index < -0.39 is 0 Å². The molecule has 4 N–H and O–H groups in total. The summed E-state index contributed by atoms with van der Waals surface area (Å²) in [5, 5.41) is 13.3. The number of nitrogens with two attached hydrogens (primary N) is 1. The second kappa shape index (κ2) is 6.72. The minimum absolute atomic E-state index is 0.263. The lowest BCUT2D eigenvalue weighted by atomic mass is 10.0. The Kier molecular flexibility index (Phi) is 4.98. The molecule has 0 unspecified atom stereocenters. The number of carbonyl (C=O) groups excluding carboxylic acids is 1. The average Bonchev–Trinajstić information content (AvgIpc) is 2.41. The number of amides is 1. The Balaban J connectivity index is 1.78. The van der Waals surface area contributed by atoms with Gasteiger partial charge in [0.1, 0.15) is 5.75 Å². The summed E-state index contributed by atoms with van der Waals surface area (Å²) < 4.78 is 0. The van der Waals surface area contributed by atoms with Crippen LogP contribution in [0.2, 0.25) is 0 Å². The Hall–Kier alpha value is -1.59. The largest absolute Gasteiger partial charge is 0.508 e. The number of benzene rings is 1. The first-order valence-corrected chi connectivity index (χ1v) is 7.07. The Labute approximate surface area is 119 Å². The molecule has 1 aromatic carbocycles. The number of primary amides is 1. The molecule has 0 saturated carbocycles. The van der Waals surface area contributed by atoms with Crippen molar-refractivity contribution in [1.82, 2.24) is 10.2 Å². The predicted octanol–water partition coefficient (Wildman–Crippen LogP) is 0.740. The van der Waals surface area contributed by atoms with E-state index in [9.17, 15) is 9.90 Å². The van der Waals surface area contributed by atoms with Gasteiger partial charge in [0.05, 0.1) is 6.54 Å². The van der Waals surface area contributed by atoms with Crippen LogP contribution in [0, 0.1) is 6.92 Å². The molecular formula is C15H23N3O2. The number of aromatic hydroxyl groups is 1. The van der Waals surface area contributed by atoms with Crippen molar-refractivity contribution < 1.29 is 9.90 Å². The van der Waals surface area contributed by atoms with Crippen molar-refractivity contribution in [2.24, 2.45) is 5.73 Å². The first-order valence-electron chi connectivity index (χ1n) is 7.07. The Morgan fingerprint density at radius 1 is 1.45 bits per heavy atom. The molecule has 0 aromatic heterocycles. The quantitative estimate of drug-likeness (QED) is 0.742. The van der Waals surface area contributed by atoms with E-state index in [0.717, 1.165) is 37.1 Å². The smallest absolute Gasteiger partial charge is 0.231 e. The van der Waals surface area contributed by atoms with Crippen LogP contribution in [0.1, 0.15) is 24.0 Å². The van der Waals surface area contributed by atoms with E-state index in [1.165, 1.54) is 0 Å². The van der Waals surface area contributed by atoms with Crippen LogP contribution in [-0.4, -0.2) is 41.6 Å². The van der Waals surface area contributed by atoms with Gasteiger partial charge in [0.15, 0.2) is 0 Å². The molecule has 1 aliphatic heterocycles. The van der Waals surface area contributed by atoms with E-state index in [4.69, 9.17) is 5.73 Å². The van der Waals surface area contributed by atoms with Crippen LogP contribution in [0.4, 0.5) is 0 Å². The third kappa shape index (κ3) is 4.21. The Morgan fingerprint density at radius 2 is 2.15 bits per heavy atom. The number of piperidine rings is 1. The number of hydrogen-bond acceptors (Lipinski definition) is 4. The number of phenolic OH excluding ortho intramolecular Hbond substituents is 1. The maximum absolute atomic E-state index is 10.9. The lowest BCUT2D eigenvalue weighted by Crippen LogP contribution is -2.45. The first kappa shape index (κ1) is 14.8. The van der Waals surface area contributed by atoms with Crippen molar-refractivity contribution in [2.75, 3.05) is 19.6 Å². The summed E-state index contributed by atoms with van der Waals surface area (Å²) in [6, 6.07) is 6.08. The highest BCUT2D eigenvalue weighted by Crippen LogP contribution is 2.19. The highest BCUT2D eigenvalue weighted by molar-refractivity contribution is 5.75. The molecular weight excluding hydrogens is 254 g/mol. The van der Waals surface area contributed by atoms with E-state index in [1.54, 1.807) is 6.07 Å². The van der Waals surface area contributed by atoms with Gasteiger partial charge in [-0.25, -0.2) is 0 Å². The summed E-state index contributed by atoms with van der Waals surface area (Å²) in [4.78, 5) is 13.0. The third-order valence-corrected chi connectivity index (χ3v) is 3.78. The molecule has 1 amide bonds. The molecule has 0 atom stereocenters. The van der Waals surface area contributed by atoms with E-state index in [-0.39, 0.29) is 5.91 Å². The van der Waals surface area contributed by atoms with Gasteiger partial charge < -0.3 is 16.2 Å². The number of nitrogens with one attached hydrogen (secondary N) is 1. The number of rotatable bonds is 5. The minimum atomic E-state index is -0.263. The number of nitrogens with zero attached hydrogens (tertiary/aromatic N) is 1. The molecule has 5 heteroatoms. The molecule has 5 nitrogen and oxygen atoms in total. The van der Waals surface area contributed by atoms with Crippen LogP contribution in [0.5, 0.6) is 5.75 Å². The van der Waals surface area contributed by atoms with Crippen molar-refractivity contribution in [3.8, 4) is 5.75 Å². The molecule has 0 aliphatic carbocycles. The number of carbonyl (C=O) groups is 1. The highest BCUT2D eigenvalue weighted by Gasteiger charge is 2.19. The van der Waals surface area contributed by atoms with E-state index >= 15 is 0 Å². The van der Waals surface area contributed by atoms with Gasteiger partial charge >= 0.3 is 0 Å².